The number of nitrogens with one attached hydrogen (secondary N) is 1. The van der Waals surface area contributed by atoms with Gasteiger partial charge >= 0.3 is 0 Å². The average Bonchev–Trinajstić information content (AvgIpc) is 2.68. The molecule has 0 saturated carbocycles. The number of methoxy groups -OCH3 is 1. The van der Waals surface area contributed by atoms with Gasteiger partial charge in [0.1, 0.15) is 23.6 Å². The number of carbonyl (C=O) groups excluding carboxylic acids is 1. The maximum absolute atomic E-state index is 12.5. The van der Waals surface area contributed by atoms with E-state index < -0.39 is 0 Å². The van der Waals surface area contributed by atoms with E-state index in [0.717, 1.165) is 12.2 Å². The second kappa shape index (κ2) is 8.43. The Hall–Kier alpha value is -2.67. The van der Waals surface area contributed by atoms with E-state index in [-0.39, 0.29) is 5.91 Å². The average molecular weight is 342 g/mol. The van der Waals surface area contributed by atoms with Crippen molar-refractivity contribution in [1.29, 1.82) is 0 Å². The Bertz CT molecular complexity index is 717. The van der Waals surface area contributed by atoms with Crippen molar-refractivity contribution in [2.45, 2.75) is 6.42 Å². The van der Waals surface area contributed by atoms with Gasteiger partial charge in [0, 0.05) is 25.7 Å². The minimum absolute atomic E-state index is 0.0819. The van der Waals surface area contributed by atoms with Crippen LogP contribution in [-0.4, -0.2) is 60.7 Å². The molecule has 0 atom stereocenters. The summed E-state index contributed by atoms with van der Waals surface area (Å²) in [6.45, 7) is 3.04. The third kappa shape index (κ3) is 4.67. The lowest BCUT2D eigenvalue weighted by atomic mass is 10.1. The summed E-state index contributed by atoms with van der Waals surface area (Å²) in [5, 5.41) is 3.24. The quantitative estimate of drug-likeness (QED) is 0.859. The molecule has 0 spiro atoms. The molecule has 2 heterocycles. The molecule has 7 heteroatoms. The van der Waals surface area contributed by atoms with Crippen LogP contribution in [-0.2, 0) is 11.2 Å². The lowest BCUT2D eigenvalue weighted by molar-refractivity contribution is 0.0299. The zero-order valence-electron chi connectivity index (χ0n) is 14.3. The van der Waals surface area contributed by atoms with E-state index in [1.165, 1.54) is 11.9 Å². The van der Waals surface area contributed by atoms with Crippen LogP contribution in [0.15, 0.2) is 36.7 Å². The summed E-state index contributed by atoms with van der Waals surface area (Å²) >= 11 is 0. The number of ether oxygens (including phenoxy) is 2. The number of benzene rings is 1. The van der Waals surface area contributed by atoms with Crippen LogP contribution in [0.25, 0.3) is 0 Å². The van der Waals surface area contributed by atoms with Crippen LogP contribution in [0.1, 0.15) is 16.1 Å². The number of anilines is 1. The predicted octanol–water partition coefficient (Wildman–Crippen LogP) is 1.61. The van der Waals surface area contributed by atoms with Crippen molar-refractivity contribution in [2.24, 2.45) is 0 Å². The van der Waals surface area contributed by atoms with Crippen molar-refractivity contribution in [3.63, 3.8) is 0 Å². The van der Waals surface area contributed by atoms with Gasteiger partial charge in [-0.1, -0.05) is 12.1 Å². The summed E-state index contributed by atoms with van der Waals surface area (Å²) in [5.74, 6) is 1.41. The van der Waals surface area contributed by atoms with Crippen molar-refractivity contribution >= 4 is 11.7 Å². The van der Waals surface area contributed by atoms with Crippen molar-refractivity contribution in [1.82, 2.24) is 14.9 Å². The number of aromatic nitrogens is 2. The third-order valence-electron chi connectivity index (χ3n) is 4.04. The summed E-state index contributed by atoms with van der Waals surface area (Å²) in [5.41, 5.74) is 1.58. The molecule has 0 bridgehead atoms. The van der Waals surface area contributed by atoms with Crippen LogP contribution in [0.3, 0.4) is 0 Å². The van der Waals surface area contributed by atoms with Crippen LogP contribution >= 0.6 is 0 Å². The molecule has 25 heavy (non-hydrogen) atoms. The Labute approximate surface area is 147 Å². The molecule has 7 nitrogen and oxygen atoms in total. The van der Waals surface area contributed by atoms with E-state index in [2.05, 4.69) is 21.4 Å². The van der Waals surface area contributed by atoms with Crippen LogP contribution in [0.4, 0.5) is 5.82 Å². The highest BCUT2D eigenvalue weighted by Gasteiger charge is 2.19. The molecule has 1 N–H and O–H groups in total. The zero-order chi connectivity index (χ0) is 17.5. The highest BCUT2D eigenvalue weighted by atomic mass is 16.5. The highest BCUT2D eigenvalue weighted by molar-refractivity contribution is 5.92. The van der Waals surface area contributed by atoms with Crippen molar-refractivity contribution in [3.05, 3.63) is 47.9 Å². The largest absolute Gasteiger partial charge is 0.497 e. The second-order valence-corrected chi connectivity index (χ2v) is 5.72. The Kier molecular flexibility index (Phi) is 5.79. The van der Waals surface area contributed by atoms with E-state index in [1.807, 2.05) is 18.2 Å². The van der Waals surface area contributed by atoms with Gasteiger partial charge in [0.2, 0.25) is 0 Å². The van der Waals surface area contributed by atoms with Crippen molar-refractivity contribution < 1.29 is 14.3 Å². The van der Waals surface area contributed by atoms with Crippen LogP contribution in [0.5, 0.6) is 5.75 Å². The molecule has 1 aromatic heterocycles. The first-order valence-electron chi connectivity index (χ1n) is 8.32. The number of nitrogens with zero attached hydrogens (tertiary/aromatic N) is 3. The van der Waals surface area contributed by atoms with Crippen LogP contribution in [0.2, 0.25) is 0 Å². The smallest absolute Gasteiger partial charge is 0.272 e. The normalized spacial score (nSPS) is 14.2. The van der Waals surface area contributed by atoms with E-state index in [1.54, 1.807) is 18.1 Å². The van der Waals surface area contributed by atoms with Crippen LogP contribution in [0, 0.1) is 0 Å². The number of hydrogen-bond donors (Lipinski definition) is 1. The maximum atomic E-state index is 12.5. The summed E-state index contributed by atoms with van der Waals surface area (Å²) < 4.78 is 10.5. The standard InChI is InChI=1S/C18H22N4O3/c1-24-15-4-2-3-14(11-15)5-6-19-17-12-16(20-13-21-17)18(23)22-7-9-25-10-8-22/h2-4,11-13H,5-10H2,1H3,(H,19,20,21). The minimum Gasteiger partial charge on any atom is -0.497 e. The van der Waals surface area contributed by atoms with Gasteiger partial charge in [0.15, 0.2) is 0 Å². The van der Waals surface area contributed by atoms with Gasteiger partial charge in [0.25, 0.3) is 5.91 Å². The van der Waals surface area contributed by atoms with Gasteiger partial charge in [-0.25, -0.2) is 9.97 Å². The maximum Gasteiger partial charge on any atom is 0.272 e. The van der Waals surface area contributed by atoms with E-state index in [4.69, 9.17) is 9.47 Å². The van der Waals surface area contributed by atoms with E-state index in [9.17, 15) is 4.79 Å². The summed E-state index contributed by atoms with van der Waals surface area (Å²) in [6, 6.07) is 9.65. The molecule has 1 aliphatic heterocycles. The first kappa shape index (κ1) is 17.2. The lowest BCUT2D eigenvalue weighted by Crippen LogP contribution is -2.41. The monoisotopic (exact) mass is 342 g/mol. The molecule has 0 unspecified atom stereocenters. The zero-order valence-corrected chi connectivity index (χ0v) is 14.3. The topological polar surface area (TPSA) is 76.6 Å². The molecule has 3 rings (SSSR count). The number of hydrogen-bond acceptors (Lipinski definition) is 6. The van der Waals surface area contributed by atoms with Gasteiger partial charge in [-0.05, 0) is 24.1 Å². The van der Waals surface area contributed by atoms with Gasteiger partial charge in [-0.3, -0.25) is 4.79 Å². The molecule has 2 aromatic rings. The molecule has 1 aliphatic rings. The summed E-state index contributed by atoms with van der Waals surface area (Å²) in [4.78, 5) is 22.5. The minimum atomic E-state index is -0.0819. The van der Waals surface area contributed by atoms with Gasteiger partial charge < -0.3 is 19.7 Å². The summed E-state index contributed by atoms with van der Waals surface area (Å²) in [6.07, 6.45) is 2.25. The fourth-order valence-corrected chi connectivity index (χ4v) is 2.66. The second-order valence-electron chi connectivity index (χ2n) is 5.72. The van der Waals surface area contributed by atoms with Crippen molar-refractivity contribution in [2.75, 3.05) is 45.3 Å². The van der Waals surface area contributed by atoms with Gasteiger partial charge in [-0.2, -0.15) is 0 Å². The third-order valence-corrected chi connectivity index (χ3v) is 4.04. The molecule has 132 valence electrons. The van der Waals surface area contributed by atoms with Crippen molar-refractivity contribution in [3.8, 4) is 5.75 Å². The Morgan fingerprint density at radius 2 is 2.12 bits per heavy atom. The number of amides is 1. The first-order valence-corrected chi connectivity index (χ1v) is 8.32. The SMILES string of the molecule is COc1cccc(CCNc2cc(C(=O)N3CCOCC3)ncn2)c1. The molecule has 1 amide bonds. The number of rotatable bonds is 6. The van der Waals surface area contributed by atoms with E-state index >= 15 is 0 Å². The molecular weight excluding hydrogens is 320 g/mol. The Balaban J connectivity index is 1.57. The van der Waals surface area contributed by atoms with Gasteiger partial charge in [0.05, 0.1) is 20.3 Å². The Morgan fingerprint density at radius 1 is 1.28 bits per heavy atom. The Morgan fingerprint density at radius 3 is 2.92 bits per heavy atom. The molecule has 1 fully saturated rings. The van der Waals surface area contributed by atoms with Crippen LogP contribution < -0.4 is 10.1 Å². The molecular formula is C18H22N4O3. The predicted molar refractivity (Wildman–Crippen MR) is 93.9 cm³/mol. The fraction of sp³-hybridized carbons (Fsp3) is 0.389. The molecule has 0 aliphatic carbocycles. The number of carbonyl (C=O) groups is 1. The van der Waals surface area contributed by atoms with Gasteiger partial charge in [-0.15, -0.1) is 0 Å². The van der Waals surface area contributed by atoms with E-state index in [0.29, 0.717) is 44.4 Å². The fourth-order valence-electron chi connectivity index (χ4n) is 2.66. The number of morpholine rings is 1. The summed E-state index contributed by atoms with van der Waals surface area (Å²) in [7, 11) is 1.66. The first-order chi connectivity index (χ1) is 12.3. The lowest BCUT2D eigenvalue weighted by Gasteiger charge is -2.26. The molecule has 1 aromatic carbocycles. The highest BCUT2D eigenvalue weighted by Crippen LogP contribution is 2.13. The molecule has 0 radical (unpaired) electrons. The molecule has 1 saturated heterocycles.